The van der Waals surface area contributed by atoms with Gasteiger partial charge in [-0.1, -0.05) is 42.5 Å². The van der Waals surface area contributed by atoms with Crippen LogP contribution in [-0.4, -0.2) is 37.6 Å². The third kappa shape index (κ3) is 4.58. The topological polar surface area (TPSA) is 152 Å². The lowest BCUT2D eigenvalue weighted by Crippen LogP contribution is -2.06. The van der Waals surface area contributed by atoms with Crippen LogP contribution in [0.2, 0.25) is 0 Å². The summed E-state index contributed by atoms with van der Waals surface area (Å²) in [5.41, 5.74) is 5.23. The van der Waals surface area contributed by atoms with Gasteiger partial charge >= 0.3 is 5.97 Å². The molecule has 0 aliphatic heterocycles. The highest BCUT2D eigenvalue weighted by Crippen LogP contribution is 2.23. The number of hydrogen-bond donors (Lipinski definition) is 3. The van der Waals surface area contributed by atoms with Crippen LogP contribution < -0.4 is 10.7 Å². The van der Waals surface area contributed by atoms with Crippen molar-refractivity contribution in [3.8, 4) is 11.3 Å². The van der Waals surface area contributed by atoms with E-state index in [0.717, 1.165) is 5.56 Å². The van der Waals surface area contributed by atoms with Crippen LogP contribution >= 0.6 is 0 Å². The van der Waals surface area contributed by atoms with Crippen LogP contribution in [0.25, 0.3) is 22.6 Å². The number of nitrogens with one attached hydrogen (secondary N) is 2. The van der Waals surface area contributed by atoms with Gasteiger partial charge in [-0.2, -0.15) is 10.1 Å². The molecule has 0 aliphatic carbocycles. The van der Waals surface area contributed by atoms with Gasteiger partial charge in [-0.25, -0.2) is 14.4 Å². The van der Waals surface area contributed by atoms with Gasteiger partial charge in [0.25, 0.3) is 0 Å². The van der Waals surface area contributed by atoms with Crippen molar-refractivity contribution >= 4 is 35.1 Å². The lowest BCUT2D eigenvalue weighted by molar-refractivity contribution is 0.0697. The molecule has 5 aromatic rings. The number of carboxylic acid groups (broad SMARTS) is 1. The highest BCUT2D eigenvalue weighted by Gasteiger charge is 2.13. The van der Waals surface area contributed by atoms with Gasteiger partial charge in [0, 0.05) is 12.1 Å². The van der Waals surface area contributed by atoms with Gasteiger partial charge in [0.05, 0.1) is 11.8 Å². The fourth-order valence-corrected chi connectivity index (χ4v) is 3.16. The van der Waals surface area contributed by atoms with Crippen molar-refractivity contribution in [1.29, 1.82) is 0 Å². The Balaban J connectivity index is 1.33. The zero-order valence-electron chi connectivity index (χ0n) is 17.5. The van der Waals surface area contributed by atoms with Crippen molar-refractivity contribution in [2.45, 2.75) is 6.54 Å². The van der Waals surface area contributed by atoms with Crippen LogP contribution in [0.1, 0.15) is 21.7 Å². The molecule has 0 unspecified atom stereocenters. The lowest BCUT2D eigenvalue weighted by Gasteiger charge is -2.09. The predicted molar refractivity (Wildman–Crippen MR) is 123 cm³/mol. The molecule has 0 bridgehead atoms. The molecule has 3 heterocycles. The average molecular weight is 455 g/mol. The van der Waals surface area contributed by atoms with Gasteiger partial charge in [-0.05, 0) is 40.1 Å². The Morgan fingerprint density at radius 3 is 2.56 bits per heavy atom. The number of fused-ring (bicyclic) bond motifs is 1. The van der Waals surface area contributed by atoms with E-state index in [1.165, 1.54) is 12.3 Å². The largest absolute Gasteiger partial charge is 0.478 e. The highest BCUT2D eigenvalue weighted by molar-refractivity contribution is 5.89. The summed E-state index contributed by atoms with van der Waals surface area (Å²) in [5, 5.41) is 24.0. The van der Waals surface area contributed by atoms with Gasteiger partial charge in [-0.15, -0.1) is 0 Å². The maximum atomic E-state index is 11.2. The molecule has 11 heteroatoms. The van der Waals surface area contributed by atoms with E-state index in [1.807, 2.05) is 30.3 Å². The van der Waals surface area contributed by atoms with Crippen molar-refractivity contribution < 1.29 is 18.9 Å². The van der Waals surface area contributed by atoms with E-state index in [9.17, 15) is 9.90 Å². The number of furan rings is 1. The number of benzene rings is 2. The molecule has 0 saturated heterocycles. The number of hydrazone groups is 1. The Kier molecular flexibility index (Phi) is 5.64. The monoisotopic (exact) mass is 455 g/mol. The van der Waals surface area contributed by atoms with Crippen molar-refractivity contribution in [3.63, 3.8) is 0 Å². The standard InChI is InChI=1S/C23H17N7O4/c31-23(32)16-8-4-7-15(11-16)18-10-9-17(33-18)13-25-28-20-19(24-12-14-5-2-1-3-6-14)26-21-22(27-20)30-34-29-21/h1-11,13H,12H2,(H,31,32)(H,24,26,29)(H,27,28,30)/b25-13+. The van der Waals surface area contributed by atoms with Gasteiger partial charge in [0.2, 0.25) is 11.3 Å². The Morgan fingerprint density at radius 2 is 1.76 bits per heavy atom. The van der Waals surface area contributed by atoms with E-state index in [2.05, 4.69) is 36.1 Å². The summed E-state index contributed by atoms with van der Waals surface area (Å²) < 4.78 is 10.5. The summed E-state index contributed by atoms with van der Waals surface area (Å²) in [6.07, 6.45) is 1.47. The molecule has 168 valence electrons. The molecule has 0 atom stereocenters. The molecule has 0 spiro atoms. The first-order valence-electron chi connectivity index (χ1n) is 10.2. The molecule has 0 fully saturated rings. The maximum Gasteiger partial charge on any atom is 0.335 e. The molecule has 0 aliphatic rings. The molecule has 34 heavy (non-hydrogen) atoms. The number of anilines is 2. The normalized spacial score (nSPS) is 11.2. The van der Waals surface area contributed by atoms with Gasteiger partial charge < -0.3 is 14.8 Å². The number of carbonyl (C=O) groups is 1. The molecule has 2 aromatic carbocycles. The quantitative estimate of drug-likeness (QED) is 0.231. The number of aromatic nitrogens is 4. The Labute approximate surface area is 192 Å². The zero-order chi connectivity index (χ0) is 23.3. The number of hydrogen-bond acceptors (Lipinski definition) is 10. The minimum atomic E-state index is -1.00. The maximum absolute atomic E-state index is 11.2. The molecule has 0 saturated carbocycles. The fourth-order valence-electron chi connectivity index (χ4n) is 3.16. The second-order valence-electron chi connectivity index (χ2n) is 7.13. The fraction of sp³-hybridized carbons (Fsp3) is 0.0435. The van der Waals surface area contributed by atoms with E-state index in [0.29, 0.717) is 35.3 Å². The number of aromatic carboxylic acids is 1. The molecular weight excluding hydrogens is 438 g/mol. The Bertz CT molecular complexity index is 1480. The van der Waals surface area contributed by atoms with Crippen LogP contribution in [0.4, 0.5) is 11.6 Å². The van der Waals surface area contributed by atoms with Crippen LogP contribution in [0, 0.1) is 0 Å². The average Bonchev–Trinajstić information content (AvgIpc) is 3.52. The van der Waals surface area contributed by atoms with Crippen molar-refractivity contribution in [2.75, 3.05) is 10.7 Å². The van der Waals surface area contributed by atoms with Crippen LogP contribution in [0.15, 0.2) is 80.9 Å². The molecule has 0 radical (unpaired) electrons. The summed E-state index contributed by atoms with van der Waals surface area (Å²) in [5.74, 6) is 0.728. The summed E-state index contributed by atoms with van der Waals surface area (Å²) in [7, 11) is 0. The van der Waals surface area contributed by atoms with Gasteiger partial charge in [0.15, 0.2) is 11.6 Å². The second kappa shape index (κ2) is 9.20. The minimum absolute atomic E-state index is 0.178. The first-order valence-corrected chi connectivity index (χ1v) is 10.2. The molecule has 0 amide bonds. The summed E-state index contributed by atoms with van der Waals surface area (Å²) in [6.45, 7) is 0.516. The smallest absolute Gasteiger partial charge is 0.335 e. The van der Waals surface area contributed by atoms with E-state index in [4.69, 9.17) is 9.05 Å². The molecule has 5 rings (SSSR count). The van der Waals surface area contributed by atoms with E-state index in [1.54, 1.807) is 30.3 Å². The highest BCUT2D eigenvalue weighted by atomic mass is 16.6. The van der Waals surface area contributed by atoms with E-state index >= 15 is 0 Å². The van der Waals surface area contributed by atoms with Crippen LogP contribution in [-0.2, 0) is 6.54 Å². The molecule has 3 N–H and O–H groups in total. The number of nitrogens with zero attached hydrogens (tertiary/aromatic N) is 5. The third-order valence-corrected chi connectivity index (χ3v) is 4.80. The first kappa shape index (κ1) is 20.8. The van der Waals surface area contributed by atoms with Crippen molar-refractivity contribution in [2.24, 2.45) is 5.10 Å². The SMILES string of the molecule is O=C(O)c1cccc(-c2ccc(/C=N/Nc3nc4nonc4nc3NCc3ccccc3)o2)c1. The predicted octanol–water partition coefficient (Wildman–Crippen LogP) is 4.03. The van der Waals surface area contributed by atoms with E-state index in [-0.39, 0.29) is 16.9 Å². The number of rotatable bonds is 8. The van der Waals surface area contributed by atoms with Crippen LogP contribution in [0.3, 0.4) is 0 Å². The van der Waals surface area contributed by atoms with E-state index < -0.39 is 5.97 Å². The Morgan fingerprint density at radius 1 is 0.971 bits per heavy atom. The minimum Gasteiger partial charge on any atom is -0.478 e. The molecule has 3 aromatic heterocycles. The summed E-state index contributed by atoms with van der Waals surface area (Å²) >= 11 is 0. The van der Waals surface area contributed by atoms with Crippen molar-refractivity contribution in [1.82, 2.24) is 20.3 Å². The molecular formula is C23H17N7O4. The van der Waals surface area contributed by atoms with Crippen LogP contribution in [0.5, 0.6) is 0 Å². The lowest BCUT2D eigenvalue weighted by atomic mass is 10.1. The summed E-state index contributed by atoms with van der Waals surface area (Å²) in [4.78, 5) is 19.9. The number of carboxylic acids is 1. The zero-order valence-corrected chi connectivity index (χ0v) is 17.5. The van der Waals surface area contributed by atoms with Gasteiger partial charge in [-0.3, -0.25) is 5.43 Å². The first-order chi connectivity index (χ1) is 16.7. The molecule has 11 nitrogen and oxygen atoms in total. The summed E-state index contributed by atoms with van der Waals surface area (Å²) in [6, 6.07) is 19.8. The van der Waals surface area contributed by atoms with Gasteiger partial charge in [0.1, 0.15) is 11.5 Å². The van der Waals surface area contributed by atoms with Crippen molar-refractivity contribution in [3.05, 3.63) is 83.6 Å². The second-order valence-corrected chi connectivity index (χ2v) is 7.13. The Hall–Kier alpha value is -5.06. The third-order valence-electron chi connectivity index (χ3n) is 4.80.